The molecule has 0 aliphatic heterocycles. The van der Waals surface area contributed by atoms with Gasteiger partial charge in [-0.3, -0.25) is 4.79 Å². The van der Waals surface area contributed by atoms with Gasteiger partial charge in [0.25, 0.3) is 0 Å². The van der Waals surface area contributed by atoms with E-state index in [1.165, 1.54) is 70.6 Å². The number of Topliss-reactive ketones (excluding diaryl/α,β-unsaturated/α-hetero) is 1. The molecule has 2 rings (SSSR count). The Morgan fingerprint density at radius 2 is 1.50 bits per heavy atom. The van der Waals surface area contributed by atoms with Gasteiger partial charge in [-0.2, -0.15) is 0 Å². The van der Waals surface area contributed by atoms with E-state index in [9.17, 15) is 4.79 Å². The second kappa shape index (κ2) is 7.31. The Hall–Kier alpha value is -0.330. The molecule has 0 heterocycles. The molecule has 2 saturated carbocycles. The van der Waals surface area contributed by atoms with Crippen molar-refractivity contribution in [2.75, 3.05) is 0 Å². The van der Waals surface area contributed by atoms with Crippen LogP contribution in [0.15, 0.2) is 0 Å². The monoisotopic (exact) mass is 250 g/mol. The zero-order valence-corrected chi connectivity index (χ0v) is 12.1. The Morgan fingerprint density at radius 1 is 0.889 bits per heavy atom. The Kier molecular flexibility index (Phi) is 5.72. The fourth-order valence-corrected chi connectivity index (χ4v) is 4.01. The van der Waals surface area contributed by atoms with Gasteiger partial charge in [-0.1, -0.05) is 51.9 Å². The summed E-state index contributed by atoms with van der Waals surface area (Å²) in [6.45, 7) is 2.29. The van der Waals surface area contributed by atoms with Gasteiger partial charge in [0.05, 0.1) is 0 Å². The van der Waals surface area contributed by atoms with Crippen molar-refractivity contribution in [3.63, 3.8) is 0 Å². The maximum absolute atomic E-state index is 12.3. The van der Waals surface area contributed by atoms with Crippen LogP contribution in [0.3, 0.4) is 0 Å². The number of hydrogen-bond donors (Lipinski definition) is 0. The van der Waals surface area contributed by atoms with Crippen molar-refractivity contribution in [1.82, 2.24) is 0 Å². The molecule has 0 radical (unpaired) electrons. The van der Waals surface area contributed by atoms with Crippen molar-refractivity contribution in [2.45, 2.75) is 84.0 Å². The minimum atomic E-state index is 0.437. The SMILES string of the molecule is CCC[C@H]1CC[C@H](CC(=O)C2CCCCC2)CC1. The van der Waals surface area contributed by atoms with E-state index in [-0.39, 0.29) is 0 Å². The van der Waals surface area contributed by atoms with Crippen molar-refractivity contribution in [1.29, 1.82) is 0 Å². The second-order valence-electron chi connectivity index (χ2n) is 6.68. The molecule has 0 aromatic carbocycles. The molecular formula is C17H30O. The number of ketones is 1. The molecule has 0 atom stereocenters. The zero-order chi connectivity index (χ0) is 12.8. The average Bonchev–Trinajstić information content (AvgIpc) is 2.42. The van der Waals surface area contributed by atoms with Crippen LogP contribution in [-0.4, -0.2) is 5.78 Å². The van der Waals surface area contributed by atoms with Crippen LogP contribution in [0.5, 0.6) is 0 Å². The molecule has 0 saturated heterocycles. The second-order valence-corrected chi connectivity index (χ2v) is 6.68. The molecule has 18 heavy (non-hydrogen) atoms. The molecule has 0 spiro atoms. The summed E-state index contributed by atoms with van der Waals surface area (Å²) in [6.07, 6.45) is 15.4. The molecule has 2 aliphatic carbocycles. The molecular weight excluding hydrogens is 220 g/mol. The molecule has 0 aromatic heterocycles. The molecule has 2 aliphatic rings. The Bertz CT molecular complexity index is 244. The van der Waals surface area contributed by atoms with E-state index in [1.807, 2.05) is 0 Å². The summed E-state index contributed by atoms with van der Waals surface area (Å²) in [5.74, 6) is 2.74. The smallest absolute Gasteiger partial charge is 0.136 e. The van der Waals surface area contributed by atoms with E-state index >= 15 is 0 Å². The zero-order valence-electron chi connectivity index (χ0n) is 12.1. The van der Waals surface area contributed by atoms with Crippen LogP contribution in [0.4, 0.5) is 0 Å². The number of carbonyl (C=O) groups is 1. The van der Waals surface area contributed by atoms with Gasteiger partial charge >= 0.3 is 0 Å². The maximum Gasteiger partial charge on any atom is 0.136 e. The Labute approximate surface area is 113 Å². The van der Waals surface area contributed by atoms with Gasteiger partial charge in [-0.25, -0.2) is 0 Å². The Morgan fingerprint density at radius 3 is 2.11 bits per heavy atom. The van der Waals surface area contributed by atoms with E-state index in [4.69, 9.17) is 0 Å². The normalized spacial score (nSPS) is 30.3. The quantitative estimate of drug-likeness (QED) is 0.661. The minimum absolute atomic E-state index is 0.437. The number of carbonyl (C=O) groups excluding carboxylic acids is 1. The molecule has 0 unspecified atom stereocenters. The molecule has 1 heteroatoms. The molecule has 0 aromatic rings. The van der Waals surface area contributed by atoms with E-state index in [2.05, 4.69) is 6.92 Å². The molecule has 1 nitrogen and oxygen atoms in total. The highest BCUT2D eigenvalue weighted by molar-refractivity contribution is 5.81. The maximum atomic E-state index is 12.3. The van der Waals surface area contributed by atoms with Crippen molar-refractivity contribution >= 4 is 5.78 Å². The first-order valence-corrected chi connectivity index (χ1v) is 8.32. The predicted molar refractivity (Wildman–Crippen MR) is 76.6 cm³/mol. The van der Waals surface area contributed by atoms with Gasteiger partial charge in [0.1, 0.15) is 5.78 Å². The summed E-state index contributed by atoms with van der Waals surface area (Å²) in [4.78, 5) is 12.3. The highest BCUT2D eigenvalue weighted by Gasteiger charge is 2.26. The van der Waals surface area contributed by atoms with Gasteiger partial charge in [0.2, 0.25) is 0 Å². The van der Waals surface area contributed by atoms with Crippen molar-refractivity contribution in [3.8, 4) is 0 Å². The lowest BCUT2D eigenvalue weighted by atomic mass is 9.76. The van der Waals surface area contributed by atoms with E-state index < -0.39 is 0 Å². The van der Waals surface area contributed by atoms with Gasteiger partial charge in [0, 0.05) is 12.3 Å². The van der Waals surface area contributed by atoms with Gasteiger partial charge in [-0.15, -0.1) is 0 Å². The topological polar surface area (TPSA) is 17.1 Å². The van der Waals surface area contributed by atoms with Crippen molar-refractivity contribution < 1.29 is 4.79 Å². The van der Waals surface area contributed by atoms with Gasteiger partial charge in [-0.05, 0) is 37.5 Å². The lowest BCUT2D eigenvalue weighted by Gasteiger charge is -2.29. The fourth-order valence-electron chi connectivity index (χ4n) is 4.01. The van der Waals surface area contributed by atoms with E-state index in [1.54, 1.807) is 0 Å². The first-order chi connectivity index (χ1) is 8.79. The van der Waals surface area contributed by atoms with Crippen LogP contribution in [-0.2, 0) is 4.79 Å². The van der Waals surface area contributed by atoms with Crippen molar-refractivity contribution in [3.05, 3.63) is 0 Å². The van der Waals surface area contributed by atoms with E-state index in [0.717, 1.165) is 18.3 Å². The van der Waals surface area contributed by atoms with Crippen LogP contribution < -0.4 is 0 Å². The lowest BCUT2D eigenvalue weighted by Crippen LogP contribution is -2.23. The summed E-state index contributed by atoms with van der Waals surface area (Å²) < 4.78 is 0. The van der Waals surface area contributed by atoms with Crippen LogP contribution in [0.25, 0.3) is 0 Å². The van der Waals surface area contributed by atoms with Crippen LogP contribution in [0.2, 0.25) is 0 Å². The van der Waals surface area contributed by atoms with Crippen LogP contribution in [0, 0.1) is 17.8 Å². The van der Waals surface area contributed by atoms with Gasteiger partial charge in [0.15, 0.2) is 0 Å². The number of hydrogen-bond acceptors (Lipinski definition) is 1. The first kappa shape index (κ1) is 14.1. The molecule has 0 amide bonds. The largest absolute Gasteiger partial charge is 0.299 e. The first-order valence-electron chi connectivity index (χ1n) is 8.32. The highest BCUT2D eigenvalue weighted by Crippen LogP contribution is 2.35. The third-order valence-corrected chi connectivity index (χ3v) is 5.21. The molecule has 0 bridgehead atoms. The third kappa shape index (κ3) is 4.10. The Balaban J connectivity index is 1.68. The van der Waals surface area contributed by atoms with E-state index in [0.29, 0.717) is 11.7 Å². The third-order valence-electron chi connectivity index (χ3n) is 5.21. The lowest BCUT2D eigenvalue weighted by molar-refractivity contribution is -0.125. The average molecular weight is 250 g/mol. The summed E-state index contributed by atoms with van der Waals surface area (Å²) in [5, 5.41) is 0. The van der Waals surface area contributed by atoms with Crippen molar-refractivity contribution in [2.24, 2.45) is 17.8 Å². The standard InChI is InChI=1S/C17H30O/c1-2-6-14-9-11-15(12-10-14)13-17(18)16-7-4-3-5-8-16/h14-16H,2-13H2,1H3/t14-,15-. The predicted octanol–water partition coefficient (Wildman–Crippen LogP) is 5.13. The summed E-state index contributed by atoms with van der Waals surface area (Å²) >= 11 is 0. The van der Waals surface area contributed by atoms with Gasteiger partial charge < -0.3 is 0 Å². The summed E-state index contributed by atoms with van der Waals surface area (Å²) in [6, 6.07) is 0. The molecule has 104 valence electrons. The number of rotatable bonds is 5. The van der Waals surface area contributed by atoms with Crippen LogP contribution >= 0.6 is 0 Å². The summed E-state index contributed by atoms with van der Waals surface area (Å²) in [7, 11) is 0. The fraction of sp³-hybridized carbons (Fsp3) is 0.941. The molecule has 0 N–H and O–H groups in total. The summed E-state index contributed by atoms with van der Waals surface area (Å²) in [5.41, 5.74) is 0. The highest BCUT2D eigenvalue weighted by atomic mass is 16.1. The minimum Gasteiger partial charge on any atom is -0.299 e. The molecule has 2 fully saturated rings. The van der Waals surface area contributed by atoms with Crippen LogP contribution in [0.1, 0.15) is 84.0 Å².